The molecule has 3 aromatic rings. The summed E-state index contributed by atoms with van der Waals surface area (Å²) in [7, 11) is 1.76. The van der Waals surface area contributed by atoms with Crippen LogP contribution >= 0.6 is 0 Å². The van der Waals surface area contributed by atoms with Crippen molar-refractivity contribution in [1.82, 2.24) is 4.90 Å². The minimum atomic E-state index is -0.168. The van der Waals surface area contributed by atoms with Gasteiger partial charge in [-0.2, -0.15) is 0 Å². The monoisotopic (exact) mass is 362 g/mol. The highest BCUT2D eigenvalue weighted by atomic mass is 16.3. The van der Waals surface area contributed by atoms with Crippen LogP contribution in [0.25, 0.3) is 0 Å². The van der Waals surface area contributed by atoms with Crippen LogP contribution in [0.3, 0.4) is 0 Å². The number of aryl methyl sites for hydroxylation is 1. The Kier molecular flexibility index (Phi) is 5.41. The molecule has 0 fully saturated rings. The number of carbonyl (C=O) groups is 2. The van der Waals surface area contributed by atoms with Crippen molar-refractivity contribution in [1.29, 1.82) is 0 Å². The molecule has 3 rings (SSSR count). The van der Waals surface area contributed by atoms with Gasteiger partial charge in [0.15, 0.2) is 0 Å². The normalized spacial score (nSPS) is 11.7. The first-order valence-electron chi connectivity index (χ1n) is 8.75. The zero-order chi connectivity index (χ0) is 19.4. The van der Waals surface area contributed by atoms with Gasteiger partial charge in [0.2, 0.25) is 0 Å². The molecule has 0 saturated heterocycles. The number of furan rings is 1. The molecule has 5 nitrogen and oxygen atoms in total. The topological polar surface area (TPSA) is 62.6 Å². The van der Waals surface area contributed by atoms with Gasteiger partial charge in [-0.05, 0) is 49.7 Å². The largest absolute Gasteiger partial charge is 0.469 e. The summed E-state index contributed by atoms with van der Waals surface area (Å²) in [5.74, 6) is 0.328. The lowest BCUT2D eigenvalue weighted by atomic mass is 10.1. The van der Waals surface area contributed by atoms with Crippen LogP contribution < -0.4 is 5.32 Å². The lowest BCUT2D eigenvalue weighted by molar-refractivity contribution is 0.0740. The van der Waals surface area contributed by atoms with Crippen molar-refractivity contribution in [2.75, 3.05) is 12.4 Å². The first-order valence-corrected chi connectivity index (χ1v) is 8.75. The number of amides is 2. The summed E-state index contributed by atoms with van der Waals surface area (Å²) >= 11 is 0. The standard InChI is InChI=1S/C22H22N2O3/c1-15(24(3)22(26)20-12-13-27-16(20)2)18-10-7-11-19(14-18)23-21(25)17-8-5-4-6-9-17/h4-15H,1-3H3,(H,23,25)/t15-/m1/s1. The van der Waals surface area contributed by atoms with Crippen molar-refractivity contribution in [3.05, 3.63) is 89.4 Å². The van der Waals surface area contributed by atoms with E-state index in [0.717, 1.165) is 5.56 Å². The SMILES string of the molecule is Cc1occc1C(=O)N(C)[C@H](C)c1cccc(NC(=O)c2ccccc2)c1. The summed E-state index contributed by atoms with van der Waals surface area (Å²) in [5.41, 5.74) is 2.77. The maximum Gasteiger partial charge on any atom is 0.257 e. The van der Waals surface area contributed by atoms with E-state index in [9.17, 15) is 9.59 Å². The number of hydrogen-bond acceptors (Lipinski definition) is 3. The number of nitrogens with one attached hydrogen (secondary N) is 1. The second-order valence-corrected chi connectivity index (χ2v) is 6.43. The highest BCUT2D eigenvalue weighted by Crippen LogP contribution is 2.24. The van der Waals surface area contributed by atoms with Gasteiger partial charge in [0.1, 0.15) is 5.76 Å². The molecule has 0 saturated carbocycles. The molecule has 0 aliphatic carbocycles. The Hall–Kier alpha value is -3.34. The fourth-order valence-electron chi connectivity index (χ4n) is 2.87. The van der Waals surface area contributed by atoms with Gasteiger partial charge in [0.25, 0.3) is 11.8 Å². The lowest BCUT2D eigenvalue weighted by Gasteiger charge is -2.25. The lowest BCUT2D eigenvalue weighted by Crippen LogP contribution is -2.29. The van der Waals surface area contributed by atoms with Crippen LogP contribution in [0.5, 0.6) is 0 Å². The second kappa shape index (κ2) is 7.91. The van der Waals surface area contributed by atoms with Crippen molar-refractivity contribution >= 4 is 17.5 Å². The van der Waals surface area contributed by atoms with Gasteiger partial charge < -0.3 is 14.6 Å². The molecule has 1 aromatic heterocycles. The molecule has 0 spiro atoms. The summed E-state index contributed by atoms with van der Waals surface area (Å²) in [6, 6.07) is 18.1. The number of nitrogens with zero attached hydrogens (tertiary/aromatic N) is 1. The predicted molar refractivity (Wildman–Crippen MR) is 105 cm³/mol. The third-order valence-electron chi connectivity index (χ3n) is 4.65. The number of hydrogen-bond donors (Lipinski definition) is 1. The van der Waals surface area contributed by atoms with Crippen molar-refractivity contribution in [2.45, 2.75) is 19.9 Å². The van der Waals surface area contributed by atoms with Crippen molar-refractivity contribution in [3.8, 4) is 0 Å². The van der Waals surface area contributed by atoms with Crippen molar-refractivity contribution < 1.29 is 14.0 Å². The molecule has 2 amide bonds. The molecular formula is C22H22N2O3. The molecular weight excluding hydrogens is 340 g/mol. The summed E-state index contributed by atoms with van der Waals surface area (Å²) in [6.07, 6.45) is 1.51. The molecule has 138 valence electrons. The average Bonchev–Trinajstić information content (AvgIpc) is 3.13. The Labute approximate surface area is 158 Å². The van der Waals surface area contributed by atoms with Gasteiger partial charge in [-0.25, -0.2) is 0 Å². The highest BCUT2D eigenvalue weighted by molar-refractivity contribution is 6.04. The molecule has 0 aliphatic rings. The van der Waals surface area contributed by atoms with E-state index in [1.165, 1.54) is 6.26 Å². The van der Waals surface area contributed by atoms with Gasteiger partial charge in [-0.15, -0.1) is 0 Å². The quantitative estimate of drug-likeness (QED) is 0.717. The average molecular weight is 362 g/mol. The molecule has 0 aliphatic heterocycles. The molecule has 0 unspecified atom stereocenters. The maximum atomic E-state index is 12.7. The van der Waals surface area contributed by atoms with Gasteiger partial charge in [-0.1, -0.05) is 30.3 Å². The third kappa shape index (κ3) is 4.08. The van der Waals surface area contributed by atoms with Crippen LogP contribution in [0, 0.1) is 6.92 Å². The molecule has 0 bridgehead atoms. The van der Waals surface area contributed by atoms with E-state index in [1.807, 2.05) is 49.4 Å². The Balaban J connectivity index is 1.75. The van der Waals surface area contributed by atoms with E-state index in [1.54, 1.807) is 37.1 Å². The molecule has 2 aromatic carbocycles. The minimum Gasteiger partial charge on any atom is -0.469 e. The third-order valence-corrected chi connectivity index (χ3v) is 4.65. The van der Waals surface area contributed by atoms with Crippen LogP contribution in [0.2, 0.25) is 0 Å². The molecule has 27 heavy (non-hydrogen) atoms. The fraction of sp³-hybridized carbons (Fsp3) is 0.182. The van der Waals surface area contributed by atoms with E-state index in [0.29, 0.717) is 22.6 Å². The summed E-state index contributed by atoms with van der Waals surface area (Å²) in [4.78, 5) is 26.7. The number of anilines is 1. The van der Waals surface area contributed by atoms with E-state index >= 15 is 0 Å². The van der Waals surface area contributed by atoms with Gasteiger partial charge in [-0.3, -0.25) is 9.59 Å². The molecule has 1 atom stereocenters. The predicted octanol–water partition coefficient (Wildman–Crippen LogP) is 4.67. The van der Waals surface area contributed by atoms with Gasteiger partial charge in [0.05, 0.1) is 17.9 Å². The molecule has 1 N–H and O–H groups in total. The van der Waals surface area contributed by atoms with Crippen LogP contribution in [-0.2, 0) is 0 Å². The second-order valence-electron chi connectivity index (χ2n) is 6.43. The first kappa shape index (κ1) is 18.5. The van der Waals surface area contributed by atoms with Gasteiger partial charge in [0, 0.05) is 18.3 Å². The Morgan fingerprint density at radius 1 is 1.04 bits per heavy atom. The molecule has 1 heterocycles. The smallest absolute Gasteiger partial charge is 0.257 e. The fourth-order valence-corrected chi connectivity index (χ4v) is 2.87. The molecule has 5 heteroatoms. The number of benzene rings is 2. The zero-order valence-electron chi connectivity index (χ0n) is 15.6. The Morgan fingerprint density at radius 3 is 2.44 bits per heavy atom. The van der Waals surface area contributed by atoms with Crippen molar-refractivity contribution in [2.24, 2.45) is 0 Å². The van der Waals surface area contributed by atoms with E-state index in [-0.39, 0.29) is 17.9 Å². The first-order chi connectivity index (χ1) is 13.0. The zero-order valence-corrected chi connectivity index (χ0v) is 15.6. The summed E-state index contributed by atoms with van der Waals surface area (Å²) < 4.78 is 5.23. The van der Waals surface area contributed by atoms with Gasteiger partial charge >= 0.3 is 0 Å². The number of rotatable bonds is 5. The number of carbonyl (C=O) groups excluding carboxylic acids is 2. The van der Waals surface area contributed by atoms with Crippen LogP contribution in [0.1, 0.15) is 45.0 Å². The van der Waals surface area contributed by atoms with Crippen LogP contribution in [0.4, 0.5) is 5.69 Å². The molecule has 0 radical (unpaired) electrons. The van der Waals surface area contributed by atoms with Crippen molar-refractivity contribution in [3.63, 3.8) is 0 Å². The van der Waals surface area contributed by atoms with E-state index < -0.39 is 0 Å². The summed E-state index contributed by atoms with van der Waals surface area (Å²) in [5, 5.41) is 2.90. The minimum absolute atomic E-state index is 0.104. The Morgan fingerprint density at radius 2 is 1.78 bits per heavy atom. The van der Waals surface area contributed by atoms with E-state index in [2.05, 4.69) is 5.32 Å². The highest BCUT2D eigenvalue weighted by Gasteiger charge is 2.22. The van der Waals surface area contributed by atoms with Crippen LogP contribution in [-0.4, -0.2) is 23.8 Å². The maximum absolute atomic E-state index is 12.7. The summed E-state index contributed by atoms with van der Waals surface area (Å²) in [6.45, 7) is 3.72. The van der Waals surface area contributed by atoms with E-state index in [4.69, 9.17) is 4.42 Å². The Bertz CT molecular complexity index is 947. The van der Waals surface area contributed by atoms with Crippen LogP contribution in [0.15, 0.2) is 71.3 Å².